The monoisotopic (exact) mass is 307 g/mol. The normalized spacial score (nSPS) is 19.7. The summed E-state index contributed by atoms with van der Waals surface area (Å²) in [7, 11) is 0. The number of hydrogen-bond acceptors (Lipinski definition) is 2. The van der Waals surface area contributed by atoms with Crippen LogP contribution in [0.5, 0.6) is 0 Å². The third kappa shape index (κ3) is 2.19. The van der Waals surface area contributed by atoms with E-state index in [9.17, 15) is 9.50 Å². The summed E-state index contributed by atoms with van der Waals surface area (Å²) in [4.78, 5) is 1.89. The summed E-state index contributed by atoms with van der Waals surface area (Å²) in [6.07, 6.45) is 1.94. The van der Waals surface area contributed by atoms with Crippen LogP contribution in [-0.2, 0) is 12.3 Å². The van der Waals surface area contributed by atoms with Crippen LogP contribution in [0, 0.1) is 5.82 Å². The first-order valence-electron chi connectivity index (χ1n) is 7.51. The summed E-state index contributed by atoms with van der Waals surface area (Å²) >= 11 is 0. The van der Waals surface area contributed by atoms with Gasteiger partial charge in [0.25, 0.3) is 11.5 Å². The molecule has 114 valence electrons. The topological polar surface area (TPSA) is 27.4 Å². The highest BCUT2D eigenvalue weighted by molar-refractivity contribution is 5.62. The average Bonchev–Trinajstić information content (AvgIpc) is 2.89. The predicted octanol–water partition coefficient (Wildman–Crippen LogP) is 3.11. The second-order valence-electron chi connectivity index (χ2n) is 5.68. The van der Waals surface area contributed by atoms with Crippen molar-refractivity contribution in [2.75, 3.05) is 4.90 Å². The Morgan fingerprint density at radius 2 is 1.61 bits per heavy atom. The average molecular weight is 307 g/mol. The highest BCUT2D eigenvalue weighted by atomic mass is 19.1. The maximum atomic E-state index is 13.3. The van der Waals surface area contributed by atoms with Gasteiger partial charge in [0.1, 0.15) is 11.5 Å². The van der Waals surface area contributed by atoms with Crippen molar-refractivity contribution >= 4 is 11.5 Å². The third-order valence-corrected chi connectivity index (χ3v) is 4.23. The second-order valence-corrected chi connectivity index (χ2v) is 5.68. The lowest BCUT2D eigenvalue weighted by molar-refractivity contribution is -0.683. The van der Waals surface area contributed by atoms with Gasteiger partial charge in [-0.2, -0.15) is 4.90 Å². The number of fused-ring (bicyclic) bond motifs is 1. The number of pyridine rings is 1. The van der Waals surface area contributed by atoms with Crippen LogP contribution in [0.4, 0.5) is 15.9 Å². The van der Waals surface area contributed by atoms with Crippen LogP contribution in [0.3, 0.4) is 0 Å². The molecule has 0 fully saturated rings. The smallest absolute Gasteiger partial charge is 0.284 e. The van der Waals surface area contributed by atoms with Crippen LogP contribution in [0.1, 0.15) is 5.56 Å². The number of anilines is 2. The van der Waals surface area contributed by atoms with Gasteiger partial charge in [-0.3, -0.25) is 0 Å². The zero-order valence-corrected chi connectivity index (χ0v) is 12.4. The number of halogens is 1. The lowest BCUT2D eigenvalue weighted by Gasteiger charge is -2.27. The van der Waals surface area contributed by atoms with Gasteiger partial charge in [0, 0.05) is 11.6 Å². The van der Waals surface area contributed by atoms with Crippen LogP contribution in [-0.4, -0.2) is 5.11 Å². The molecule has 3 aromatic rings. The van der Waals surface area contributed by atoms with Crippen molar-refractivity contribution in [2.24, 2.45) is 0 Å². The van der Waals surface area contributed by atoms with Crippen LogP contribution >= 0.6 is 0 Å². The molecule has 0 bridgehead atoms. The molecule has 3 nitrogen and oxygen atoms in total. The van der Waals surface area contributed by atoms with E-state index in [4.69, 9.17) is 0 Å². The van der Waals surface area contributed by atoms with Gasteiger partial charge in [-0.05, 0) is 42.5 Å². The minimum atomic E-state index is -1.26. The summed E-state index contributed by atoms with van der Waals surface area (Å²) in [6.45, 7) is 0.379. The first-order valence-corrected chi connectivity index (χ1v) is 7.51. The number of aliphatic hydroxyl groups is 1. The molecule has 1 aromatic heterocycles. The van der Waals surface area contributed by atoms with Gasteiger partial charge in [0.05, 0.1) is 6.20 Å². The standard InChI is InChI=1S/C19H16FN2O/c20-16-11-9-15(10-12-16)19(23)14-21-13-5-4-8-18(21)22(19)17-6-2-1-3-7-17/h1-13,23H,14H2/q+1/t19-/m1/s1. The van der Waals surface area contributed by atoms with E-state index < -0.39 is 5.72 Å². The van der Waals surface area contributed by atoms with Crippen LogP contribution in [0.2, 0.25) is 0 Å². The summed E-state index contributed by atoms with van der Waals surface area (Å²) in [5.41, 5.74) is 0.284. The Hall–Kier alpha value is -2.72. The Morgan fingerprint density at radius 1 is 0.913 bits per heavy atom. The number of rotatable bonds is 2. The Balaban J connectivity index is 1.91. The Bertz CT molecular complexity index is 836. The molecule has 1 N–H and O–H groups in total. The number of hydrogen-bond donors (Lipinski definition) is 1. The lowest BCUT2D eigenvalue weighted by atomic mass is 10.0. The minimum absolute atomic E-state index is 0.313. The van der Waals surface area contributed by atoms with Gasteiger partial charge in [-0.1, -0.05) is 24.3 Å². The third-order valence-electron chi connectivity index (χ3n) is 4.23. The number of nitrogens with zero attached hydrogens (tertiary/aromatic N) is 2. The molecule has 2 aromatic carbocycles. The van der Waals surface area contributed by atoms with Gasteiger partial charge in [-0.15, -0.1) is 0 Å². The van der Waals surface area contributed by atoms with Gasteiger partial charge in [-0.25, -0.2) is 8.96 Å². The quantitative estimate of drug-likeness (QED) is 0.737. The van der Waals surface area contributed by atoms with Gasteiger partial charge in [0.15, 0.2) is 6.54 Å². The maximum Gasteiger partial charge on any atom is 0.284 e. The highest BCUT2D eigenvalue weighted by Crippen LogP contribution is 2.40. The molecule has 0 radical (unpaired) electrons. The predicted molar refractivity (Wildman–Crippen MR) is 85.5 cm³/mol. The first-order chi connectivity index (χ1) is 11.2. The van der Waals surface area contributed by atoms with Crippen molar-refractivity contribution in [3.8, 4) is 0 Å². The molecular formula is C19H16FN2O+. The Labute approximate surface area is 133 Å². The van der Waals surface area contributed by atoms with Gasteiger partial charge >= 0.3 is 0 Å². The molecule has 1 atom stereocenters. The minimum Gasteiger partial charge on any atom is -0.346 e. The van der Waals surface area contributed by atoms with E-state index in [-0.39, 0.29) is 5.82 Å². The fourth-order valence-corrected chi connectivity index (χ4v) is 3.16. The molecular weight excluding hydrogens is 291 g/mol. The van der Waals surface area contributed by atoms with Crippen molar-refractivity contribution < 1.29 is 14.1 Å². The molecule has 2 heterocycles. The summed E-state index contributed by atoms with van der Waals surface area (Å²) in [6, 6.07) is 21.6. The van der Waals surface area contributed by atoms with E-state index in [2.05, 4.69) is 0 Å². The van der Waals surface area contributed by atoms with E-state index in [1.807, 2.05) is 64.2 Å². The van der Waals surface area contributed by atoms with E-state index >= 15 is 0 Å². The number of benzene rings is 2. The van der Waals surface area contributed by atoms with Crippen molar-refractivity contribution in [1.82, 2.24) is 0 Å². The van der Waals surface area contributed by atoms with Crippen molar-refractivity contribution in [2.45, 2.75) is 12.3 Å². The molecule has 0 amide bonds. The summed E-state index contributed by atoms with van der Waals surface area (Å²) < 4.78 is 15.3. The van der Waals surface area contributed by atoms with E-state index in [1.165, 1.54) is 12.1 Å². The molecule has 0 aliphatic carbocycles. The SMILES string of the molecule is O[C@@]1(c2ccc(F)cc2)C[n+]2ccccc2N1c1ccccc1. The molecule has 0 saturated carbocycles. The Morgan fingerprint density at radius 3 is 2.35 bits per heavy atom. The van der Waals surface area contributed by atoms with Gasteiger partial charge in [0.2, 0.25) is 0 Å². The molecule has 0 unspecified atom stereocenters. The van der Waals surface area contributed by atoms with Crippen molar-refractivity contribution in [1.29, 1.82) is 0 Å². The second kappa shape index (κ2) is 5.18. The van der Waals surface area contributed by atoms with E-state index in [1.54, 1.807) is 12.1 Å². The Kier molecular flexibility index (Phi) is 3.13. The molecule has 23 heavy (non-hydrogen) atoms. The first kappa shape index (κ1) is 13.9. The zero-order valence-electron chi connectivity index (χ0n) is 12.4. The fraction of sp³-hybridized carbons (Fsp3) is 0.105. The van der Waals surface area contributed by atoms with E-state index in [0.717, 1.165) is 11.5 Å². The summed E-state index contributed by atoms with van der Waals surface area (Å²) in [5, 5.41) is 11.5. The largest absolute Gasteiger partial charge is 0.346 e. The number of aromatic nitrogens is 1. The zero-order chi connectivity index (χ0) is 15.9. The van der Waals surface area contributed by atoms with E-state index in [0.29, 0.717) is 12.1 Å². The molecule has 1 aliphatic heterocycles. The van der Waals surface area contributed by atoms with Crippen molar-refractivity contribution in [3.05, 3.63) is 90.4 Å². The van der Waals surface area contributed by atoms with Crippen LogP contribution < -0.4 is 9.47 Å². The molecule has 0 saturated heterocycles. The molecule has 4 rings (SSSR count). The summed E-state index contributed by atoms with van der Waals surface area (Å²) in [5.74, 6) is 0.581. The molecule has 1 aliphatic rings. The molecule has 0 spiro atoms. The number of para-hydroxylation sites is 1. The highest BCUT2D eigenvalue weighted by Gasteiger charge is 2.52. The van der Waals surface area contributed by atoms with Crippen molar-refractivity contribution in [3.63, 3.8) is 0 Å². The fourth-order valence-electron chi connectivity index (χ4n) is 3.16. The maximum absolute atomic E-state index is 13.3. The molecule has 4 heteroatoms. The van der Waals surface area contributed by atoms with Crippen LogP contribution in [0.25, 0.3) is 0 Å². The van der Waals surface area contributed by atoms with Crippen LogP contribution in [0.15, 0.2) is 79.0 Å². The van der Waals surface area contributed by atoms with Gasteiger partial charge < -0.3 is 5.11 Å². The lowest BCUT2D eigenvalue weighted by Crippen LogP contribution is -2.43.